The number of carbonyl (C=O) groups is 3. The van der Waals surface area contributed by atoms with E-state index in [4.69, 9.17) is 5.73 Å². The van der Waals surface area contributed by atoms with Gasteiger partial charge in [-0.2, -0.15) is 0 Å². The first kappa shape index (κ1) is 24.9. The van der Waals surface area contributed by atoms with E-state index in [1.807, 2.05) is 0 Å². The summed E-state index contributed by atoms with van der Waals surface area (Å²) in [5.41, 5.74) is 7.70. The van der Waals surface area contributed by atoms with Crippen molar-refractivity contribution in [1.29, 1.82) is 0 Å². The van der Waals surface area contributed by atoms with Gasteiger partial charge in [0.05, 0.1) is 5.69 Å². The van der Waals surface area contributed by atoms with E-state index in [-0.39, 0.29) is 27.8 Å². The van der Waals surface area contributed by atoms with E-state index in [1.165, 1.54) is 29.4 Å². The number of H-pyrrole nitrogens is 1. The second-order valence-electron chi connectivity index (χ2n) is 8.49. The van der Waals surface area contributed by atoms with Crippen LogP contribution >= 0.6 is 23.1 Å². The number of nitroso groups, excluding NO2 is 1. The molecule has 0 aliphatic carbocycles. The van der Waals surface area contributed by atoms with Gasteiger partial charge in [-0.15, -0.1) is 28.0 Å². The third-order valence-electron chi connectivity index (χ3n) is 6.30. The smallest absolute Gasteiger partial charge is 0.352 e. The van der Waals surface area contributed by atoms with Crippen LogP contribution in [0.2, 0.25) is 0 Å². The predicted octanol–water partition coefficient (Wildman–Crippen LogP) is 0.407. The van der Waals surface area contributed by atoms with Crippen molar-refractivity contribution in [2.45, 2.75) is 23.9 Å². The fourth-order valence-corrected chi connectivity index (χ4v) is 6.61. The third kappa shape index (κ3) is 4.45. The minimum Gasteiger partial charge on any atom is -0.477 e. The second kappa shape index (κ2) is 9.91. The highest BCUT2D eigenvalue weighted by Crippen LogP contribution is 2.45. The summed E-state index contributed by atoms with van der Waals surface area (Å²) >= 11 is 2.33. The number of hydrogen-bond acceptors (Lipinski definition) is 11. The molecule has 2 aromatic rings. The lowest BCUT2D eigenvalue weighted by atomic mass is 9.90. The minimum absolute atomic E-state index is 0.0719. The molecule has 192 valence electrons. The van der Waals surface area contributed by atoms with Crippen LogP contribution in [0.25, 0.3) is 5.57 Å². The Morgan fingerprint density at radius 2 is 2.16 bits per heavy atom. The van der Waals surface area contributed by atoms with E-state index in [2.05, 4.69) is 25.8 Å². The predicted molar refractivity (Wildman–Crippen MR) is 136 cm³/mol. The van der Waals surface area contributed by atoms with Gasteiger partial charge in [-0.3, -0.25) is 19.3 Å². The van der Waals surface area contributed by atoms with E-state index < -0.39 is 35.2 Å². The van der Waals surface area contributed by atoms with Crippen molar-refractivity contribution >= 4 is 51.6 Å². The molecule has 15 heteroatoms. The number of thioether (sulfide) groups is 1. The molecule has 37 heavy (non-hydrogen) atoms. The van der Waals surface area contributed by atoms with Gasteiger partial charge in [0.15, 0.2) is 5.13 Å². The molecule has 2 aromatic heterocycles. The van der Waals surface area contributed by atoms with E-state index in [0.29, 0.717) is 36.2 Å². The minimum atomic E-state index is -1.49. The summed E-state index contributed by atoms with van der Waals surface area (Å²) < 4.78 is 0. The maximum absolute atomic E-state index is 13.2. The third-order valence-corrected chi connectivity index (χ3v) is 8.28. The van der Waals surface area contributed by atoms with E-state index in [0.717, 1.165) is 21.8 Å². The number of pyridine rings is 1. The van der Waals surface area contributed by atoms with Crippen LogP contribution in [-0.4, -0.2) is 68.0 Å². The molecule has 2 fully saturated rings. The fraction of sp³-hybridized carbons (Fsp3) is 0.318. The monoisotopic (exact) mass is 543 g/mol. The van der Waals surface area contributed by atoms with E-state index in [9.17, 15) is 29.2 Å². The molecule has 6 N–H and O–H groups in total. The number of nitrogen functional groups attached to an aromatic ring is 1. The number of β-lactam (4-membered cyclic amide) rings is 1. The van der Waals surface area contributed by atoms with Gasteiger partial charge in [0, 0.05) is 35.5 Å². The summed E-state index contributed by atoms with van der Waals surface area (Å²) in [7, 11) is 0. The summed E-state index contributed by atoms with van der Waals surface area (Å²) in [4.78, 5) is 69.4. The van der Waals surface area contributed by atoms with Crippen LogP contribution in [0.1, 0.15) is 23.7 Å². The molecule has 3 aliphatic rings. The lowest BCUT2D eigenvalue weighted by Crippen LogP contribution is -2.70. The Morgan fingerprint density at radius 1 is 1.35 bits per heavy atom. The topological polar surface area (TPSA) is 200 Å². The Bertz CT molecular complexity index is 1420. The number of thiazole rings is 1. The zero-order chi connectivity index (χ0) is 26.3. The Morgan fingerprint density at radius 3 is 2.78 bits per heavy atom. The molecule has 2 amide bonds. The fourth-order valence-electron chi connectivity index (χ4n) is 4.68. The molecule has 1 unspecified atom stereocenters. The van der Waals surface area contributed by atoms with E-state index in [1.54, 1.807) is 6.07 Å². The molecule has 0 aromatic carbocycles. The highest BCUT2D eigenvalue weighted by Gasteiger charge is 2.55. The van der Waals surface area contributed by atoms with Crippen molar-refractivity contribution in [3.05, 3.63) is 67.1 Å². The summed E-state index contributed by atoms with van der Waals surface area (Å²) in [5.74, 6) is -2.51. The molecule has 0 spiro atoms. The largest absolute Gasteiger partial charge is 0.477 e. The van der Waals surface area contributed by atoms with Gasteiger partial charge in [0.2, 0.25) is 11.6 Å². The standard InChI is InChI=1S/C22H21N7O6S2/c23-22-26-12(8-37-22)15(28-35)18(31)27-16-19(32)29-17(21(33)34)11(7-36-20(16)29)14(10-1-3-24-6-10)9-2-4-25-13(30)5-9/h2,4-5,8,15-16,20,24H,1,3,6-7H2,(H2,23,26)(H,25,30)(H,27,31)(H,33,34)/t15?,16-,20-/m1/s1. The molecular weight excluding hydrogens is 522 g/mol. The number of carboxylic acid groups (broad SMARTS) is 1. The average Bonchev–Trinajstić information content (AvgIpc) is 3.55. The maximum Gasteiger partial charge on any atom is 0.352 e. The SMILES string of the molecule is Nc1nc(C(N=O)C(=O)N[C@@H]2C(=O)N3C(C(=O)O)=C(C(=C4CCNC4)c4cc[nH]c(=O)c4)CS[C@H]23)cs1. The van der Waals surface area contributed by atoms with Crippen LogP contribution in [0.4, 0.5) is 5.13 Å². The first-order valence-corrected chi connectivity index (χ1v) is 13.1. The molecule has 13 nitrogen and oxygen atoms in total. The number of nitrogens with two attached hydrogens (primary N) is 1. The number of carboxylic acids is 1. The number of nitrogens with zero attached hydrogens (tertiary/aromatic N) is 3. The van der Waals surface area contributed by atoms with Crippen LogP contribution in [0.15, 0.2) is 50.5 Å². The number of hydrogen-bond donors (Lipinski definition) is 5. The Kier molecular flexibility index (Phi) is 6.66. The Balaban J connectivity index is 1.47. The zero-order valence-corrected chi connectivity index (χ0v) is 20.7. The molecule has 0 saturated carbocycles. The van der Waals surface area contributed by atoms with Crippen LogP contribution in [0.5, 0.6) is 0 Å². The van der Waals surface area contributed by atoms with Gasteiger partial charge < -0.3 is 26.5 Å². The van der Waals surface area contributed by atoms with Crippen molar-refractivity contribution in [1.82, 2.24) is 25.5 Å². The van der Waals surface area contributed by atoms with Gasteiger partial charge in [-0.05, 0) is 40.9 Å². The summed E-state index contributed by atoms with van der Waals surface area (Å²) in [5, 5.41) is 19.6. The zero-order valence-electron chi connectivity index (χ0n) is 19.1. The molecule has 0 bridgehead atoms. The lowest BCUT2D eigenvalue weighted by molar-refractivity contribution is -0.150. The molecule has 5 rings (SSSR count). The van der Waals surface area contributed by atoms with E-state index >= 15 is 0 Å². The molecule has 3 aliphatic heterocycles. The number of rotatable bonds is 7. The van der Waals surface area contributed by atoms with Gasteiger partial charge in [-0.1, -0.05) is 0 Å². The number of carbonyl (C=O) groups excluding carboxylic acids is 2. The van der Waals surface area contributed by atoms with Crippen molar-refractivity contribution in [3.8, 4) is 0 Å². The highest BCUT2D eigenvalue weighted by atomic mass is 32.2. The van der Waals surface area contributed by atoms with Crippen LogP contribution in [0, 0.1) is 4.91 Å². The number of allylic oxidation sites excluding steroid dienone is 1. The highest BCUT2D eigenvalue weighted by molar-refractivity contribution is 8.00. The Labute approximate surface area is 217 Å². The first-order valence-electron chi connectivity index (χ1n) is 11.2. The maximum atomic E-state index is 13.2. The number of amides is 2. The average molecular weight is 544 g/mol. The number of aromatic nitrogens is 2. The summed E-state index contributed by atoms with van der Waals surface area (Å²) in [6.07, 6.45) is 2.16. The van der Waals surface area contributed by atoms with Crippen molar-refractivity contribution in [3.63, 3.8) is 0 Å². The lowest BCUT2D eigenvalue weighted by Gasteiger charge is -2.49. The number of aliphatic carboxylic acids is 1. The number of nitrogens with one attached hydrogen (secondary N) is 3. The summed E-state index contributed by atoms with van der Waals surface area (Å²) in [6.45, 7) is 1.24. The quantitative estimate of drug-likeness (QED) is 0.241. The van der Waals surface area contributed by atoms with Crippen molar-refractivity contribution in [2.75, 3.05) is 24.6 Å². The van der Waals surface area contributed by atoms with Crippen LogP contribution < -0.4 is 21.9 Å². The van der Waals surface area contributed by atoms with Crippen molar-refractivity contribution in [2.24, 2.45) is 5.18 Å². The molecule has 0 radical (unpaired) electrons. The second-order valence-corrected chi connectivity index (χ2v) is 10.5. The molecule has 3 atom stereocenters. The Hall–Kier alpha value is -3.82. The van der Waals surface area contributed by atoms with Crippen molar-refractivity contribution < 1.29 is 19.5 Å². The van der Waals surface area contributed by atoms with Gasteiger partial charge in [-0.25, -0.2) is 9.78 Å². The van der Waals surface area contributed by atoms with Crippen LogP contribution in [-0.2, 0) is 14.4 Å². The van der Waals surface area contributed by atoms with Gasteiger partial charge >= 0.3 is 5.97 Å². The normalized spacial score (nSPS) is 23.2. The van der Waals surface area contributed by atoms with Gasteiger partial charge in [0.25, 0.3) is 11.8 Å². The number of anilines is 1. The number of aromatic amines is 1. The van der Waals surface area contributed by atoms with Crippen LogP contribution in [0.3, 0.4) is 0 Å². The van der Waals surface area contributed by atoms with Gasteiger partial charge in [0.1, 0.15) is 17.1 Å². The molecule has 2 saturated heterocycles. The molecule has 5 heterocycles. The molecular formula is C22H21N7O6S2. The first-order chi connectivity index (χ1) is 17.8. The number of fused-ring (bicyclic) bond motifs is 1. The summed E-state index contributed by atoms with van der Waals surface area (Å²) in [6, 6.07) is 0.570.